The highest BCUT2D eigenvalue weighted by molar-refractivity contribution is 6.18. The molecule has 5 heteroatoms. The molecule has 4 nitrogen and oxygen atoms in total. The summed E-state index contributed by atoms with van der Waals surface area (Å²) in [4.78, 5) is 12.2. The Bertz CT molecular complexity index is 721. The number of alkyl halides is 1. The number of hydrogen-bond acceptors (Lipinski definition) is 4. The summed E-state index contributed by atoms with van der Waals surface area (Å²) in [6, 6.07) is 3.62. The molecule has 0 saturated carbocycles. The molecule has 23 heavy (non-hydrogen) atoms. The minimum atomic E-state index is -0.343. The normalized spacial score (nSPS) is 11.0. The third-order valence-corrected chi connectivity index (χ3v) is 3.78. The first-order valence-corrected chi connectivity index (χ1v) is 8.57. The van der Waals surface area contributed by atoms with Crippen molar-refractivity contribution in [2.45, 2.75) is 40.0 Å². The Balaban J connectivity index is 2.63. The fourth-order valence-corrected chi connectivity index (χ4v) is 2.68. The molecular weight excluding hydrogens is 316 g/mol. The molecule has 2 aromatic rings. The van der Waals surface area contributed by atoms with Crippen LogP contribution in [-0.2, 0) is 6.42 Å². The summed E-state index contributed by atoms with van der Waals surface area (Å²) in [5, 5.41) is 0.821. The molecule has 0 atom stereocenters. The third-order valence-electron chi connectivity index (χ3n) is 3.60. The fraction of sp³-hybridized carbons (Fsp3) is 0.500. The number of aryl methyl sites for hydroxylation is 1. The number of fused-ring (bicyclic) bond motifs is 1. The van der Waals surface area contributed by atoms with E-state index < -0.39 is 0 Å². The average Bonchev–Trinajstić information content (AvgIpc) is 2.54. The van der Waals surface area contributed by atoms with Crippen molar-refractivity contribution in [3.05, 3.63) is 33.7 Å². The molecule has 0 aliphatic rings. The SMILES string of the molecule is CCCOc1cc(OCCC)c2c(C)c(CCCl)c(=O)oc2c1. The molecule has 2 rings (SSSR count). The molecule has 0 saturated heterocycles. The van der Waals surface area contributed by atoms with Crippen molar-refractivity contribution in [1.82, 2.24) is 0 Å². The lowest BCUT2D eigenvalue weighted by atomic mass is 10.0. The molecule has 0 unspecified atom stereocenters. The van der Waals surface area contributed by atoms with Gasteiger partial charge < -0.3 is 13.9 Å². The first-order valence-electron chi connectivity index (χ1n) is 8.04. The van der Waals surface area contributed by atoms with E-state index in [1.165, 1.54) is 0 Å². The highest BCUT2D eigenvalue weighted by Crippen LogP contribution is 2.34. The first-order chi connectivity index (χ1) is 11.1. The summed E-state index contributed by atoms with van der Waals surface area (Å²) in [6.07, 6.45) is 2.28. The quantitative estimate of drug-likeness (QED) is 0.526. The van der Waals surface area contributed by atoms with E-state index in [0.29, 0.717) is 48.2 Å². The van der Waals surface area contributed by atoms with Gasteiger partial charge in [-0.05, 0) is 31.7 Å². The Kier molecular flexibility index (Phi) is 6.34. The van der Waals surface area contributed by atoms with Crippen molar-refractivity contribution in [3.63, 3.8) is 0 Å². The lowest BCUT2D eigenvalue weighted by Gasteiger charge is -2.14. The minimum Gasteiger partial charge on any atom is -0.493 e. The predicted octanol–water partition coefficient (Wildman–Crippen LogP) is 4.46. The van der Waals surface area contributed by atoms with Crippen molar-refractivity contribution in [3.8, 4) is 11.5 Å². The summed E-state index contributed by atoms with van der Waals surface area (Å²) in [7, 11) is 0. The molecule has 1 aromatic carbocycles. The van der Waals surface area contributed by atoms with E-state index in [1.54, 1.807) is 6.07 Å². The van der Waals surface area contributed by atoms with Gasteiger partial charge in [-0.2, -0.15) is 0 Å². The van der Waals surface area contributed by atoms with Crippen LogP contribution in [0.25, 0.3) is 11.0 Å². The van der Waals surface area contributed by atoms with Crippen LogP contribution in [0.15, 0.2) is 21.3 Å². The molecule has 0 bridgehead atoms. The van der Waals surface area contributed by atoms with Crippen LogP contribution in [0.5, 0.6) is 11.5 Å². The second kappa shape index (κ2) is 8.25. The zero-order valence-corrected chi connectivity index (χ0v) is 14.7. The van der Waals surface area contributed by atoms with Gasteiger partial charge in [-0.1, -0.05) is 13.8 Å². The van der Waals surface area contributed by atoms with Gasteiger partial charge in [0.1, 0.15) is 17.1 Å². The van der Waals surface area contributed by atoms with Crippen molar-refractivity contribution in [2.24, 2.45) is 0 Å². The summed E-state index contributed by atoms with van der Waals surface area (Å²) >= 11 is 5.81. The van der Waals surface area contributed by atoms with Gasteiger partial charge in [0.05, 0.1) is 18.6 Å². The van der Waals surface area contributed by atoms with E-state index in [9.17, 15) is 4.79 Å². The molecule has 0 N–H and O–H groups in total. The molecule has 0 radical (unpaired) electrons. The monoisotopic (exact) mass is 338 g/mol. The molecule has 0 fully saturated rings. The van der Waals surface area contributed by atoms with E-state index in [1.807, 2.05) is 26.8 Å². The number of benzene rings is 1. The Hall–Kier alpha value is -1.68. The summed E-state index contributed by atoms with van der Waals surface area (Å²) in [5.41, 5.74) is 1.62. The summed E-state index contributed by atoms with van der Waals surface area (Å²) in [5.74, 6) is 1.71. The maximum absolute atomic E-state index is 12.2. The Morgan fingerprint density at radius 1 is 1.13 bits per heavy atom. The number of rotatable bonds is 8. The van der Waals surface area contributed by atoms with E-state index in [4.69, 9.17) is 25.5 Å². The second-order valence-corrected chi connectivity index (χ2v) is 5.80. The molecule has 0 spiro atoms. The second-order valence-electron chi connectivity index (χ2n) is 5.42. The van der Waals surface area contributed by atoms with Crippen LogP contribution in [-0.4, -0.2) is 19.1 Å². The maximum Gasteiger partial charge on any atom is 0.339 e. The molecule has 0 aliphatic carbocycles. The Morgan fingerprint density at radius 3 is 2.48 bits per heavy atom. The minimum absolute atomic E-state index is 0.343. The van der Waals surface area contributed by atoms with Gasteiger partial charge in [-0.3, -0.25) is 0 Å². The van der Waals surface area contributed by atoms with Gasteiger partial charge in [0, 0.05) is 23.6 Å². The highest BCUT2D eigenvalue weighted by atomic mass is 35.5. The largest absolute Gasteiger partial charge is 0.493 e. The topological polar surface area (TPSA) is 48.7 Å². The van der Waals surface area contributed by atoms with E-state index in [2.05, 4.69) is 0 Å². The maximum atomic E-state index is 12.2. The van der Waals surface area contributed by atoms with E-state index in [0.717, 1.165) is 23.8 Å². The lowest BCUT2D eigenvalue weighted by molar-refractivity contribution is 0.303. The molecule has 0 amide bonds. The molecule has 126 valence electrons. The van der Waals surface area contributed by atoms with Gasteiger partial charge in [0.15, 0.2) is 0 Å². The van der Waals surface area contributed by atoms with Crippen LogP contribution in [0.4, 0.5) is 0 Å². The van der Waals surface area contributed by atoms with Crippen LogP contribution < -0.4 is 15.1 Å². The van der Waals surface area contributed by atoms with Crippen LogP contribution in [0, 0.1) is 6.92 Å². The van der Waals surface area contributed by atoms with Gasteiger partial charge in [0.25, 0.3) is 0 Å². The molecular formula is C18H23ClO4. The smallest absolute Gasteiger partial charge is 0.339 e. The lowest BCUT2D eigenvalue weighted by Crippen LogP contribution is -2.12. The van der Waals surface area contributed by atoms with Crippen molar-refractivity contribution >= 4 is 22.6 Å². The van der Waals surface area contributed by atoms with Crippen molar-refractivity contribution < 1.29 is 13.9 Å². The fourth-order valence-electron chi connectivity index (χ4n) is 2.49. The number of hydrogen-bond donors (Lipinski definition) is 0. The first kappa shape index (κ1) is 17.7. The third kappa shape index (κ3) is 3.99. The Morgan fingerprint density at radius 2 is 1.83 bits per heavy atom. The zero-order valence-electron chi connectivity index (χ0n) is 13.9. The number of ether oxygens (including phenoxy) is 2. The Labute approximate surface area is 141 Å². The molecule has 1 aromatic heterocycles. The van der Waals surface area contributed by atoms with Gasteiger partial charge in [0.2, 0.25) is 0 Å². The van der Waals surface area contributed by atoms with Gasteiger partial charge in [-0.25, -0.2) is 4.79 Å². The zero-order chi connectivity index (χ0) is 16.8. The molecule has 0 aliphatic heterocycles. The van der Waals surface area contributed by atoms with E-state index in [-0.39, 0.29) is 5.63 Å². The average molecular weight is 339 g/mol. The van der Waals surface area contributed by atoms with Gasteiger partial charge >= 0.3 is 5.63 Å². The standard InChI is InChI=1S/C18H23ClO4/c1-4-8-21-13-10-15(22-9-5-2)17-12(3)14(6-7-19)18(20)23-16(17)11-13/h10-11H,4-9H2,1-3H3. The van der Waals surface area contributed by atoms with Crippen LogP contribution in [0.1, 0.15) is 37.8 Å². The van der Waals surface area contributed by atoms with Gasteiger partial charge in [-0.15, -0.1) is 11.6 Å². The van der Waals surface area contributed by atoms with E-state index >= 15 is 0 Å². The highest BCUT2D eigenvalue weighted by Gasteiger charge is 2.16. The van der Waals surface area contributed by atoms with Crippen LogP contribution in [0.3, 0.4) is 0 Å². The summed E-state index contributed by atoms with van der Waals surface area (Å²) < 4.78 is 17.0. The predicted molar refractivity (Wildman–Crippen MR) is 93.2 cm³/mol. The van der Waals surface area contributed by atoms with Crippen LogP contribution >= 0.6 is 11.6 Å². The number of halogens is 1. The summed E-state index contributed by atoms with van der Waals surface area (Å²) in [6.45, 7) is 7.19. The molecule has 1 heterocycles. The van der Waals surface area contributed by atoms with Crippen molar-refractivity contribution in [1.29, 1.82) is 0 Å². The van der Waals surface area contributed by atoms with Crippen LogP contribution in [0.2, 0.25) is 0 Å². The van der Waals surface area contributed by atoms with Crippen molar-refractivity contribution in [2.75, 3.05) is 19.1 Å².